The van der Waals surface area contributed by atoms with E-state index in [0.717, 1.165) is 17.9 Å². The molecule has 2 aliphatic heterocycles. The van der Waals surface area contributed by atoms with E-state index in [9.17, 15) is 14.4 Å². The van der Waals surface area contributed by atoms with Gasteiger partial charge in [-0.2, -0.15) is 5.10 Å². The molecule has 1 aromatic rings. The van der Waals surface area contributed by atoms with E-state index in [2.05, 4.69) is 10.1 Å². The van der Waals surface area contributed by atoms with Gasteiger partial charge >= 0.3 is 0 Å². The van der Waals surface area contributed by atoms with Crippen LogP contribution in [0.25, 0.3) is 0 Å². The van der Waals surface area contributed by atoms with E-state index >= 15 is 0 Å². The van der Waals surface area contributed by atoms with Crippen molar-refractivity contribution in [2.45, 2.75) is 33.1 Å². The van der Waals surface area contributed by atoms with Gasteiger partial charge in [0.05, 0.1) is 16.5 Å². The quantitative estimate of drug-likeness (QED) is 0.638. The van der Waals surface area contributed by atoms with Gasteiger partial charge in [0.15, 0.2) is 17.3 Å². The number of nitrogens with zero attached hydrogens (tertiary/aromatic N) is 3. The Labute approximate surface area is 184 Å². The highest BCUT2D eigenvalue weighted by Gasteiger charge is 2.28. The molecule has 0 atom stereocenters. The molecule has 9 heteroatoms. The molecule has 0 aliphatic carbocycles. The largest absolute Gasteiger partial charge is 0.436 e. The van der Waals surface area contributed by atoms with E-state index in [4.69, 9.17) is 27.9 Å². The predicted octanol–water partition coefficient (Wildman–Crippen LogP) is 3.85. The molecule has 0 saturated carbocycles. The van der Waals surface area contributed by atoms with Crippen molar-refractivity contribution in [3.8, 4) is 5.75 Å². The van der Waals surface area contributed by atoms with Crippen molar-refractivity contribution in [1.82, 2.24) is 5.01 Å². The highest BCUT2D eigenvalue weighted by atomic mass is 35.5. The number of hydrazone groups is 1. The minimum atomic E-state index is -0.410. The number of carbonyl (C=O) groups is 3. The maximum absolute atomic E-state index is 12.2. The Hall–Kier alpha value is -2.51. The monoisotopic (exact) mass is 449 g/mol. The van der Waals surface area contributed by atoms with Gasteiger partial charge in [-0.3, -0.25) is 14.4 Å². The van der Waals surface area contributed by atoms with Crippen LogP contribution in [-0.4, -0.2) is 47.7 Å². The number of rotatable bonds is 5. The van der Waals surface area contributed by atoms with E-state index in [-0.39, 0.29) is 58.0 Å². The summed E-state index contributed by atoms with van der Waals surface area (Å²) in [7, 11) is 1.47. The number of aliphatic imine (C=N–C) groups is 1. The van der Waals surface area contributed by atoms with Crippen LogP contribution in [-0.2, 0) is 14.4 Å². The number of amides is 1. The van der Waals surface area contributed by atoms with Crippen LogP contribution in [0.3, 0.4) is 0 Å². The number of Topliss-reactive ketones (excluding diaryl/α,β-unsaturated/α-hetero) is 2. The first-order chi connectivity index (χ1) is 14.2. The SMILES string of the molecule is CCC(CC)C1=CC(Oc2c(Cl)cc(C3=NN(C)C(=O)CC3=O)cc2Cl)=NCC1=O. The number of ketones is 2. The maximum atomic E-state index is 12.2. The Bertz CT molecular complexity index is 986. The molecule has 0 saturated heterocycles. The van der Waals surface area contributed by atoms with Gasteiger partial charge in [0.1, 0.15) is 12.3 Å². The van der Waals surface area contributed by atoms with Crippen molar-refractivity contribution in [1.29, 1.82) is 0 Å². The Morgan fingerprint density at radius 1 is 1.10 bits per heavy atom. The van der Waals surface area contributed by atoms with Crippen LogP contribution in [0.5, 0.6) is 5.75 Å². The van der Waals surface area contributed by atoms with Gasteiger partial charge < -0.3 is 4.74 Å². The van der Waals surface area contributed by atoms with Crippen molar-refractivity contribution in [3.63, 3.8) is 0 Å². The van der Waals surface area contributed by atoms with Crippen LogP contribution < -0.4 is 4.74 Å². The summed E-state index contributed by atoms with van der Waals surface area (Å²) in [4.78, 5) is 40.2. The summed E-state index contributed by atoms with van der Waals surface area (Å²) < 4.78 is 5.81. The number of benzene rings is 1. The summed E-state index contributed by atoms with van der Waals surface area (Å²) >= 11 is 12.7. The topological polar surface area (TPSA) is 88.4 Å². The second-order valence-corrected chi connectivity index (χ2v) is 7.84. The molecule has 1 amide bonds. The Kier molecular flexibility index (Phi) is 6.73. The summed E-state index contributed by atoms with van der Waals surface area (Å²) in [5.74, 6) is -0.253. The normalized spacial score (nSPS) is 17.2. The average Bonchev–Trinajstić information content (AvgIpc) is 2.70. The first-order valence-electron chi connectivity index (χ1n) is 9.59. The lowest BCUT2D eigenvalue weighted by molar-refractivity contribution is -0.134. The molecule has 0 N–H and O–H groups in total. The molecule has 7 nitrogen and oxygen atoms in total. The third-order valence-corrected chi connectivity index (χ3v) is 5.63. The summed E-state index contributed by atoms with van der Waals surface area (Å²) in [5.41, 5.74) is 1.17. The van der Waals surface area contributed by atoms with Gasteiger partial charge in [0, 0.05) is 24.3 Å². The molecule has 0 bridgehead atoms. The predicted molar refractivity (Wildman–Crippen MR) is 115 cm³/mol. The fourth-order valence-corrected chi connectivity index (χ4v) is 3.91. The van der Waals surface area contributed by atoms with E-state index in [1.165, 1.54) is 19.2 Å². The molecule has 0 unspecified atom stereocenters. The van der Waals surface area contributed by atoms with Crippen LogP contribution in [0, 0.1) is 5.92 Å². The molecule has 158 valence electrons. The van der Waals surface area contributed by atoms with Crippen LogP contribution in [0.2, 0.25) is 10.0 Å². The molecule has 30 heavy (non-hydrogen) atoms. The zero-order chi connectivity index (χ0) is 22.0. The van der Waals surface area contributed by atoms with Gasteiger partial charge in [0.2, 0.25) is 11.8 Å². The molecule has 1 aromatic carbocycles. The Morgan fingerprint density at radius 2 is 1.73 bits per heavy atom. The summed E-state index contributed by atoms with van der Waals surface area (Å²) in [6.45, 7) is 4.07. The summed E-state index contributed by atoms with van der Waals surface area (Å²) in [6.07, 6.45) is 3.05. The van der Waals surface area contributed by atoms with Crippen molar-refractivity contribution < 1.29 is 19.1 Å². The third kappa shape index (κ3) is 4.47. The van der Waals surface area contributed by atoms with Crippen LogP contribution in [0.1, 0.15) is 38.7 Å². The van der Waals surface area contributed by atoms with Gasteiger partial charge in [-0.05, 0) is 30.9 Å². The molecule has 0 radical (unpaired) electrons. The van der Waals surface area contributed by atoms with E-state index < -0.39 is 5.78 Å². The van der Waals surface area contributed by atoms with Crippen LogP contribution in [0.4, 0.5) is 0 Å². The minimum Gasteiger partial charge on any atom is -0.436 e. The molecule has 0 spiro atoms. The number of hydrogen-bond acceptors (Lipinski definition) is 6. The highest BCUT2D eigenvalue weighted by Crippen LogP contribution is 2.36. The number of hydrogen-bond donors (Lipinski definition) is 0. The minimum absolute atomic E-state index is 0.0106. The smallest absolute Gasteiger partial charge is 0.250 e. The number of dihydropyridines is 1. The highest BCUT2D eigenvalue weighted by molar-refractivity contribution is 6.50. The third-order valence-electron chi connectivity index (χ3n) is 5.07. The first kappa shape index (κ1) is 22.2. The summed E-state index contributed by atoms with van der Waals surface area (Å²) in [5, 5.41) is 5.45. The fourth-order valence-electron chi connectivity index (χ4n) is 3.35. The van der Waals surface area contributed by atoms with E-state index in [0.29, 0.717) is 11.1 Å². The summed E-state index contributed by atoms with van der Waals surface area (Å²) in [6, 6.07) is 3.01. The van der Waals surface area contributed by atoms with Gasteiger partial charge in [-0.1, -0.05) is 37.0 Å². The second kappa shape index (κ2) is 9.10. The lowest BCUT2D eigenvalue weighted by atomic mass is 9.89. The molecule has 2 aliphatic rings. The van der Waals surface area contributed by atoms with Crippen molar-refractivity contribution in [3.05, 3.63) is 39.4 Å². The van der Waals surface area contributed by atoms with Gasteiger partial charge in [0.25, 0.3) is 0 Å². The van der Waals surface area contributed by atoms with Gasteiger partial charge in [-0.25, -0.2) is 10.0 Å². The first-order valence-corrected chi connectivity index (χ1v) is 10.4. The standard InChI is InChI=1S/C21H21Cl2N3O4/c1-4-11(5-2)13-8-18(24-10-17(13)28)30-21-14(22)6-12(7-15(21)23)20-16(27)9-19(29)26(3)25-20/h6-8,11H,4-5,9-10H2,1-3H3. The molecular formula is C21H21Cl2N3O4. The number of carbonyl (C=O) groups excluding carboxylic acids is 3. The number of ether oxygens (including phenoxy) is 1. The molecule has 0 aromatic heterocycles. The zero-order valence-corrected chi connectivity index (χ0v) is 18.4. The maximum Gasteiger partial charge on any atom is 0.250 e. The van der Waals surface area contributed by atoms with Crippen LogP contribution >= 0.6 is 23.2 Å². The van der Waals surface area contributed by atoms with Crippen LogP contribution in [0.15, 0.2) is 33.9 Å². The zero-order valence-electron chi connectivity index (χ0n) is 16.9. The fraction of sp³-hybridized carbons (Fsp3) is 0.381. The van der Waals surface area contributed by atoms with Crippen molar-refractivity contribution in [2.75, 3.05) is 13.6 Å². The van der Waals surface area contributed by atoms with E-state index in [1.54, 1.807) is 6.08 Å². The number of halogens is 2. The molecular weight excluding hydrogens is 429 g/mol. The average molecular weight is 450 g/mol. The van der Waals surface area contributed by atoms with Crippen molar-refractivity contribution in [2.24, 2.45) is 16.0 Å². The lowest BCUT2D eigenvalue weighted by Gasteiger charge is -2.21. The molecule has 0 fully saturated rings. The molecule has 3 rings (SSSR count). The lowest BCUT2D eigenvalue weighted by Crippen LogP contribution is -2.35. The second-order valence-electron chi connectivity index (χ2n) is 7.03. The van der Waals surface area contributed by atoms with Gasteiger partial charge in [-0.15, -0.1) is 0 Å². The molecule has 2 heterocycles. The Balaban J connectivity index is 1.90. The Morgan fingerprint density at radius 3 is 2.33 bits per heavy atom. The van der Waals surface area contributed by atoms with Crippen molar-refractivity contribution >= 4 is 52.3 Å². The van der Waals surface area contributed by atoms with E-state index in [1.807, 2.05) is 13.8 Å².